The molecule has 1 heteroatoms. The van der Waals surface area contributed by atoms with Crippen molar-refractivity contribution in [3.8, 4) is 44.9 Å². The summed E-state index contributed by atoms with van der Waals surface area (Å²) in [7, 11) is 0. The van der Waals surface area contributed by atoms with E-state index >= 15 is 0 Å². The minimum absolute atomic E-state index is 0.273. The molecule has 198 valence electrons. The molecular weight excluding hydrogens is 520 g/mol. The zero-order chi connectivity index (χ0) is 49.0. The Morgan fingerprint density at radius 2 is 1.00 bits per heavy atom. The quantitative estimate of drug-likeness (QED) is 0.188. The topological polar surface area (TPSA) is 9.23 Å². The lowest BCUT2D eigenvalue weighted by molar-refractivity contribution is 0.487. The lowest BCUT2D eigenvalue weighted by atomic mass is 9.85. The van der Waals surface area contributed by atoms with Crippen molar-refractivity contribution in [3.05, 3.63) is 145 Å². The van der Waals surface area contributed by atoms with Crippen molar-refractivity contribution in [3.63, 3.8) is 0 Å². The molecule has 1 aliphatic rings. The highest BCUT2D eigenvalue weighted by molar-refractivity contribution is 6.27. The predicted octanol–water partition coefficient (Wildman–Crippen LogP) is 12.0. The highest BCUT2D eigenvalue weighted by Crippen LogP contribution is 2.49. The Morgan fingerprint density at radius 1 is 0.349 bits per heavy atom. The zero-order valence-corrected chi connectivity index (χ0v) is 21.4. The second-order valence-corrected chi connectivity index (χ2v) is 9.76. The van der Waals surface area contributed by atoms with Crippen molar-refractivity contribution in [2.24, 2.45) is 0 Å². The molecule has 1 aliphatic heterocycles. The summed E-state index contributed by atoms with van der Waals surface area (Å²) >= 11 is 0. The first kappa shape index (κ1) is 9.97. The number of para-hydroxylation sites is 1. The first-order valence-electron chi connectivity index (χ1n) is 24.9. The molecule has 0 fully saturated rings. The van der Waals surface area contributed by atoms with E-state index in [1.807, 2.05) is 0 Å². The smallest absolute Gasteiger partial charge is 0.135 e. The van der Waals surface area contributed by atoms with Gasteiger partial charge in [-0.1, -0.05) is 115 Å². The maximum Gasteiger partial charge on any atom is 0.135 e. The predicted molar refractivity (Wildman–Crippen MR) is 182 cm³/mol. The summed E-state index contributed by atoms with van der Waals surface area (Å²) in [6, 6.07) is -19.7. The molecule has 0 bridgehead atoms. The normalized spacial score (nSPS) is 20.2. The standard InChI is InChI=1S/C42H24O/c1-2-12-30-27(8-1)22-29(31-20-21-39-42-33(31)15-7-16-34(42)32-13-3-4-17-38(32)43-39)24-36(30)37-23-28-11-5-9-25-18-19-26-10-6-14-35(37)41(26)40(25)28/h1-24H/i1D,2D,3D,4D,5D,6D,7D,8D,9D,10D,11D,12D,13D,14D,15D,16D,17D,18D,19D,20D,21D,22D,23D,24D. The van der Waals surface area contributed by atoms with Crippen LogP contribution in [0.15, 0.2) is 145 Å². The van der Waals surface area contributed by atoms with Crippen LogP contribution < -0.4 is 4.74 Å². The van der Waals surface area contributed by atoms with E-state index in [0.717, 1.165) is 0 Å². The molecule has 0 spiro atoms. The Hall–Kier alpha value is -5.66. The molecule has 43 heavy (non-hydrogen) atoms. The summed E-state index contributed by atoms with van der Waals surface area (Å²) in [6.45, 7) is 0. The van der Waals surface area contributed by atoms with Gasteiger partial charge in [0.2, 0.25) is 0 Å². The van der Waals surface area contributed by atoms with Crippen LogP contribution in [0.5, 0.6) is 11.5 Å². The van der Waals surface area contributed by atoms with Crippen LogP contribution in [0.25, 0.3) is 87.2 Å². The van der Waals surface area contributed by atoms with Crippen LogP contribution in [0.3, 0.4) is 0 Å². The van der Waals surface area contributed by atoms with E-state index in [1.54, 1.807) is 0 Å². The number of fused-ring (bicyclic) bond motifs is 3. The Kier molecular flexibility index (Phi) is 1.96. The average molecular weight is 569 g/mol. The number of hydrogen-bond acceptors (Lipinski definition) is 1. The van der Waals surface area contributed by atoms with Crippen LogP contribution in [-0.4, -0.2) is 0 Å². The number of rotatable bonds is 2. The zero-order valence-electron chi connectivity index (χ0n) is 45.4. The van der Waals surface area contributed by atoms with Crippen molar-refractivity contribution in [1.82, 2.24) is 0 Å². The number of ether oxygens (including phenoxy) is 1. The molecular formula is C42H24O. The fourth-order valence-corrected chi connectivity index (χ4v) is 5.70. The summed E-state index contributed by atoms with van der Waals surface area (Å²) in [5.41, 5.74) is -3.67. The van der Waals surface area contributed by atoms with Crippen LogP contribution in [0.2, 0.25) is 0 Å². The van der Waals surface area contributed by atoms with Crippen molar-refractivity contribution in [2.45, 2.75) is 0 Å². The third-order valence-corrected chi connectivity index (χ3v) is 7.51. The van der Waals surface area contributed by atoms with E-state index in [4.69, 9.17) is 26.7 Å². The van der Waals surface area contributed by atoms with Crippen LogP contribution >= 0.6 is 0 Å². The van der Waals surface area contributed by atoms with Crippen molar-refractivity contribution in [1.29, 1.82) is 0 Å². The van der Waals surface area contributed by atoms with Crippen LogP contribution in [-0.2, 0) is 0 Å². The van der Waals surface area contributed by atoms with Gasteiger partial charge in [-0.15, -0.1) is 0 Å². The van der Waals surface area contributed by atoms with Crippen molar-refractivity contribution >= 4 is 53.9 Å². The minimum atomic E-state index is -0.973. The summed E-state index contributed by atoms with van der Waals surface area (Å²) in [5.74, 6) is -1.14. The molecule has 0 unspecified atom stereocenters. The first-order chi connectivity index (χ1) is 31.3. The molecule has 1 heterocycles. The highest BCUT2D eigenvalue weighted by Gasteiger charge is 2.22. The van der Waals surface area contributed by atoms with E-state index in [1.165, 1.54) is 0 Å². The molecule has 9 aromatic carbocycles. The van der Waals surface area contributed by atoms with Crippen LogP contribution in [0.4, 0.5) is 0 Å². The van der Waals surface area contributed by atoms with Gasteiger partial charge in [-0.3, -0.25) is 0 Å². The van der Waals surface area contributed by atoms with Gasteiger partial charge in [0, 0.05) is 10.9 Å². The second-order valence-electron chi connectivity index (χ2n) is 9.76. The Balaban J connectivity index is 1.53. The minimum Gasteiger partial charge on any atom is -0.456 e. The second kappa shape index (κ2) is 8.44. The van der Waals surface area contributed by atoms with E-state index in [0.29, 0.717) is 0 Å². The molecule has 0 aromatic heterocycles. The molecule has 0 N–H and O–H groups in total. The van der Waals surface area contributed by atoms with Gasteiger partial charge in [0.05, 0.1) is 32.9 Å². The highest BCUT2D eigenvalue weighted by atomic mass is 16.5. The van der Waals surface area contributed by atoms with E-state index in [9.17, 15) is 11.0 Å². The Morgan fingerprint density at radius 3 is 1.93 bits per heavy atom. The fraction of sp³-hybridized carbons (Fsp3) is 0. The summed E-state index contributed by atoms with van der Waals surface area (Å²) < 4.78 is 223. The monoisotopic (exact) mass is 568 g/mol. The summed E-state index contributed by atoms with van der Waals surface area (Å²) in [6.07, 6.45) is 0. The SMILES string of the molecule is [2H]c1c([2H])c([2H])c2c(c1[2H])Oc1c([2H])c([2H])c(-c3c([2H])c(-c4c([2H])c5c([2H])c([2H])c([2H])c6c([2H])c([2H])c7c([2H])c([2H])c([2H])c4c7c65)c4c([2H])c([2H])c([2H])c([2H])c4c3[2H])c3c([2H])c([2H])c([2H])c-2c13. The number of hydrogen-bond donors (Lipinski definition) is 0. The first-order valence-corrected chi connectivity index (χ1v) is 12.9. The molecule has 0 saturated heterocycles. The molecule has 0 radical (unpaired) electrons. The van der Waals surface area contributed by atoms with E-state index in [-0.39, 0.29) is 10.8 Å². The Bertz CT molecular complexity index is 3940. The lowest BCUT2D eigenvalue weighted by Gasteiger charge is -2.23. The molecule has 0 saturated carbocycles. The van der Waals surface area contributed by atoms with Crippen molar-refractivity contribution in [2.75, 3.05) is 0 Å². The largest absolute Gasteiger partial charge is 0.456 e. The summed E-state index contributed by atoms with van der Waals surface area (Å²) in [4.78, 5) is 0. The Labute approximate surface area is 282 Å². The van der Waals surface area contributed by atoms with Gasteiger partial charge in [0.1, 0.15) is 11.5 Å². The molecule has 0 amide bonds. The molecule has 9 aromatic rings. The maximum absolute atomic E-state index is 10.1. The lowest BCUT2D eigenvalue weighted by Crippen LogP contribution is -1.97. The van der Waals surface area contributed by atoms with E-state index < -0.39 is 233 Å². The van der Waals surface area contributed by atoms with Crippen LogP contribution in [0.1, 0.15) is 32.9 Å². The third-order valence-electron chi connectivity index (χ3n) is 7.51. The average Bonchev–Trinajstić information content (AvgIpc) is 3.29. The molecule has 1 nitrogen and oxygen atoms in total. The maximum atomic E-state index is 10.1. The van der Waals surface area contributed by atoms with Gasteiger partial charge in [-0.25, -0.2) is 0 Å². The van der Waals surface area contributed by atoms with Gasteiger partial charge in [0.15, 0.2) is 0 Å². The third kappa shape index (κ3) is 3.17. The van der Waals surface area contributed by atoms with Gasteiger partial charge >= 0.3 is 0 Å². The van der Waals surface area contributed by atoms with Crippen molar-refractivity contribution < 1.29 is 37.6 Å². The van der Waals surface area contributed by atoms with E-state index in [2.05, 4.69) is 0 Å². The summed E-state index contributed by atoms with van der Waals surface area (Å²) in [5, 5.41) is -4.72. The van der Waals surface area contributed by atoms with Gasteiger partial charge in [0.25, 0.3) is 0 Å². The van der Waals surface area contributed by atoms with Gasteiger partial charge in [-0.2, -0.15) is 0 Å². The molecule has 0 atom stereocenters. The van der Waals surface area contributed by atoms with Gasteiger partial charge < -0.3 is 4.74 Å². The number of benzene rings is 9. The van der Waals surface area contributed by atoms with Crippen LogP contribution in [0, 0.1) is 0 Å². The molecule has 10 rings (SSSR count). The fourth-order valence-electron chi connectivity index (χ4n) is 5.70. The van der Waals surface area contributed by atoms with Gasteiger partial charge in [-0.05, 0) is 107 Å². The molecule has 0 aliphatic carbocycles.